The van der Waals surface area contributed by atoms with Crippen molar-refractivity contribution >= 4 is 5.91 Å². The van der Waals surface area contributed by atoms with Crippen LogP contribution in [0.3, 0.4) is 0 Å². The molecule has 0 bridgehead atoms. The molecule has 128 valence electrons. The van der Waals surface area contributed by atoms with E-state index in [9.17, 15) is 9.18 Å². The molecular weight excluding hydrogens is 313 g/mol. The Bertz CT molecular complexity index is 718. The Morgan fingerprint density at radius 1 is 1.08 bits per heavy atom. The Balaban J connectivity index is 2.07. The number of hydrogen-bond acceptors (Lipinski definition) is 4. The topological polar surface area (TPSA) is 56.8 Å². The molecule has 0 aliphatic carbocycles. The number of nitrogens with one attached hydrogen (secondary N) is 1. The van der Waals surface area contributed by atoms with Crippen molar-refractivity contribution in [1.29, 1.82) is 0 Å². The highest BCUT2D eigenvalue weighted by atomic mass is 19.1. The first-order valence-corrected chi connectivity index (χ1v) is 7.41. The summed E-state index contributed by atoms with van der Waals surface area (Å²) in [5.74, 6) is 1.02. The Morgan fingerprint density at radius 2 is 1.88 bits per heavy atom. The molecule has 24 heavy (non-hydrogen) atoms. The van der Waals surface area contributed by atoms with Gasteiger partial charge in [-0.2, -0.15) is 0 Å². The van der Waals surface area contributed by atoms with Crippen LogP contribution in [-0.4, -0.2) is 33.8 Å². The lowest BCUT2D eigenvalue weighted by Gasteiger charge is -2.15. The summed E-state index contributed by atoms with van der Waals surface area (Å²) in [6, 6.07) is 9.12. The molecule has 2 rings (SSSR count). The van der Waals surface area contributed by atoms with Gasteiger partial charge in [0.25, 0.3) is 5.91 Å². The van der Waals surface area contributed by atoms with E-state index in [1.54, 1.807) is 33.5 Å². The third kappa shape index (κ3) is 4.16. The molecule has 0 fully saturated rings. The average Bonchev–Trinajstić information content (AvgIpc) is 2.60. The van der Waals surface area contributed by atoms with Gasteiger partial charge in [0, 0.05) is 23.7 Å². The van der Waals surface area contributed by atoms with Crippen molar-refractivity contribution in [2.24, 2.45) is 0 Å². The predicted octanol–water partition coefficient (Wildman–Crippen LogP) is 2.82. The fourth-order valence-corrected chi connectivity index (χ4v) is 2.36. The minimum Gasteiger partial charge on any atom is -0.497 e. The summed E-state index contributed by atoms with van der Waals surface area (Å²) >= 11 is 0. The van der Waals surface area contributed by atoms with Crippen molar-refractivity contribution in [3.05, 3.63) is 53.3 Å². The Kier molecular flexibility index (Phi) is 6.01. The van der Waals surface area contributed by atoms with E-state index in [2.05, 4.69) is 5.32 Å². The van der Waals surface area contributed by atoms with Crippen LogP contribution in [0.2, 0.25) is 0 Å². The van der Waals surface area contributed by atoms with Gasteiger partial charge in [-0.05, 0) is 30.7 Å². The van der Waals surface area contributed by atoms with Gasteiger partial charge in [0.1, 0.15) is 11.6 Å². The summed E-state index contributed by atoms with van der Waals surface area (Å²) in [5.41, 5.74) is 1.12. The van der Waals surface area contributed by atoms with Gasteiger partial charge >= 0.3 is 0 Å². The number of rotatable bonds is 7. The Hall–Kier alpha value is -2.76. The fourth-order valence-electron chi connectivity index (χ4n) is 2.36. The first-order valence-electron chi connectivity index (χ1n) is 7.41. The number of benzene rings is 2. The largest absolute Gasteiger partial charge is 0.497 e. The molecule has 0 aromatic heterocycles. The summed E-state index contributed by atoms with van der Waals surface area (Å²) in [6.45, 7) is 0.363. The standard InChI is InChI=1S/C18H20FNO4/c1-22-15-10-12(17(24-3)16(11-15)23-2)7-8-20-18(21)13-5-4-6-14(19)9-13/h4-6,9-11H,7-8H2,1-3H3,(H,20,21). The monoisotopic (exact) mass is 333 g/mol. The second-order valence-corrected chi connectivity index (χ2v) is 5.04. The molecule has 2 aromatic rings. The molecule has 0 unspecified atom stereocenters. The van der Waals surface area contributed by atoms with Gasteiger partial charge in [0.2, 0.25) is 0 Å². The maximum Gasteiger partial charge on any atom is 0.251 e. The second kappa shape index (κ2) is 8.19. The smallest absolute Gasteiger partial charge is 0.251 e. The van der Waals surface area contributed by atoms with Crippen molar-refractivity contribution in [1.82, 2.24) is 5.32 Å². The summed E-state index contributed by atoms with van der Waals surface area (Å²) in [4.78, 5) is 12.0. The van der Waals surface area contributed by atoms with Crippen molar-refractivity contribution in [3.8, 4) is 17.2 Å². The van der Waals surface area contributed by atoms with E-state index < -0.39 is 5.82 Å². The maximum absolute atomic E-state index is 13.2. The van der Waals surface area contributed by atoms with Gasteiger partial charge in [-0.3, -0.25) is 4.79 Å². The molecule has 0 aliphatic rings. The third-order valence-electron chi connectivity index (χ3n) is 3.53. The molecule has 0 saturated carbocycles. The van der Waals surface area contributed by atoms with E-state index in [0.29, 0.717) is 30.2 Å². The first-order chi connectivity index (χ1) is 11.6. The SMILES string of the molecule is COc1cc(CCNC(=O)c2cccc(F)c2)c(OC)c(OC)c1. The minimum absolute atomic E-state index is 0.283. The molecule has 1 amide bonds. The number of halogens is 1. The molecule has 0 heterocycles. The van der Waals surface area contributed by atoms with Gasteiger partial charge in [0.05, 0.1) is 21.3 Å². The zero-order valence-corrected chi connectivity index (χ0v) is 13.9. The predicted molar refractivity (Wildman–Crippen MR) is 88.5 cm³/mol. The summed E-state index contributed by atoms with van der Waals surface area (Å²) in [6.07, 6.45) is 0.512. The lowest BCUT2D eigenvalue weighted by Crippen LogP contribution is -2.25. The number of amides is 1. The summed E-state index contributed by atoms with van der Waals surface area (Å²) in [5, 5.41) is 2.76. The molecule has 0 atom stereocenters. The van der Waals surface area contributed by atoms with Gasteiger partial charge in [0.15, 0.2) is 11.5 Å². The van der Waals surface area contributed by atoms with Crippen LogP contribution in [0, 0.1) is 5.82 Å². The van der Waals surface area contributed by atoms with Crippen LogP contribution in [0.15, 0.2) is 36.4 Å². The van der Waals surface area contributed by atoms with Gasteiger partial charge in [-0.15, -0.1) is 0 Å². The highest BCUT2D eigenvalue weighted by Crippen LogP contribution is 2.35. The van der Waals surface area contributed by atoms with Crippen LogP contribution >= 0.6 is 0 Å². The lowest BCUT2D eigenvalue weighted by atomic mass is 10.1. The van der Waals surface area contributed by atoms with Crippen molar-refractivity contribution < 1.29 is 23.4 Å². The lowest BCUT2D eigenvalue weighted by molar-refractivity contribution is 0.0953. The van der Waals surface area contributed by atoms with E-state index >= 15 is 0 Å². The normalized spacial score (nSPS) is 10.2. The van der Waals surface area contributed by atoms with Crippen LogP contribution < -0.4 is 19.5 Å². The van der Waals surface area contributed by atoms with Gasteiger partial charge < -0.3 is 19.5 Å². The van der Waals surface area contributed by atoms with Crippen molar-refractivity contribution in [3.63, 3.8) is 0 Å². The number of ether oxygens (including phenoxy) is 3. The van der Waals surface area contributed by atoms with E-state index in [1.165, 1.54) is 18.2 Å². The molecule has 1 N–H and O–H groups in total. The highest BCUT2D eigenvalue weighted by Gasteiger charge is 2.13. The Morgan fingerprint density at radius 3 is 2.50 bits per heavy atom. The molecular formula is C18H20FNO4. The van der Waals surface area contributed by atoms with Crippen LogP contribution in [-0.2, 0) is 6.42 Å². The molecule has 2 aromatic carbocycles. The zero-order chi connectivity index (χ0) is 17.5. The second-order valence-electron chi connectivity index (χ2n) is 5.04. The van der Waals surface area contributed by atoms with Gasteiger partial charge in [-0.1, -0.05) is 6.07 Å². The van der Waals surface area contributed by atoms with E-state index in [4.69, 9.17) is 14.2 Å². The number of carbonyl (C=O) groups is 1. The third-order valence-corrected chi connectivity index (χ3v) is 3.53. The highest BCUT2D eigenvalue weighted by molar-refractivity contribution is 5.94. The maximum atomic E-state index is 13.2. The minimum atomic E-state index is -0.443. The first kappa shape index (κ1) is 17.6. The molecule has 0 saturated heterocycles. The Labute approximate surface area is 140 Å². The van der Waals surface area contributed by atoms with Crippen LogP contribution in [0.5, 0.6) is 17.2 Å². The van der Waals surface area contributed by atoms with Crippen LogP contribution in [0.25, 0.3) is 0 Å². The zero-order valence-electron chi connectivity index (χ0n) is 13.9. The van der Waals surface area contributed by atoms with Crippen LogP contribution in [0.4, 0.5) is 4.39 Å². The number of carbonyl (C=O) groups excluding carboxylic acids is 1. The van der Waals surface area contributed by atoms with Crippen LogP contribution in [0.1, 0.15) is 15.9 Å². The molecule has 0 radical (unpaired) electrons. The van der Waals surface area contributed by atoms with E-state index in [1.807, 2.05) is 6.07 Å². The summed E-state index contributed by atoms with van der Waals surface area (Å²) in [7, 11) is 4.67. The molecule has 0 aliphatic heterocycles. The quantitative estimate of drug-likeness (QED) is 0.846. The molecule has 5 nitrogen and oxygen atoms in total. The summed E-state index contributed by atoms with van der Waals surface area (Å²) < 4.78 is 29.1. The average molecular weight is 333 g/mol. The van der Waals surface area contributed by atoms with Crippen molar-refractivity contribution in [2.45, 2.75) is 6.42 Å². The van der Waals surface area contributed by atoms with E-state index in [0.717, 1.165) is 5.56 Å². The molecule has 6 heteroatoms. The van der Waals surface area contributed by atoms with E-state index in [-0.39, 0.29) is 11.5 Å². The van der Waals surface area contributed by atoms with Gasteiger partial charge in [-0.25, -0.2) is 4.39 Å². The fraction of sp³-hybridized carbons (Fsp3) is 0.278. The van der Waals surface area contributed by atoms with Crippen molar-refractivity contribution in [2.75, 3.05) is 27.9 Å². The number of methoxy groups -OCH3 is 3. The number of hydrogen-bond donors (Lipinski definition) is 1. The molecule has 0 spiro atoms.